The lowest BCUT2D eigenvalue weighted by Gasteiger charge is -2.34. The molecule has 0 saturated carbocycles. The van der Waals surface area contributed by atoms with Crippen molar-refractivity contribution in [1.82, 2.24) is 4.90 Å². The van der Waals surface area contributed by atoms with E-state index in [1.165, 1.54) is 5.56 Å². The van der Waals surface area contributed by atoms with Crippen LogP contribution in [-0.4, -0.2) is 23.3 Å². The van der Waals surface area contributed by atoms with Gasteiger partial charge in [-0.1, -0.05) is 78.9 Å². The summed E-state index contributed by atoms with van der Waals surface area (Å²) in [5, 5.41) is 0. The maximum absolute atomic E-state index is 11.8. The molecule has 2 heteroatoms. The molecule has 0 bridgehead atoms. The lowest BCUT2D eigenvalue weighted by Crippen LogP contribution is -2.37. The molecule has 2 rings (SSSR count). The Kier molecular flexibility index (Phi) is 7.36. The van der Waals surface area contributed by atoms with Gasteiger partial charge in [-0.2, -0.15) is 0 Å². The Morgan fingerprint density at radius 1 is 1.08 bits per heavy atom. The molecule has 25 heavy (non-hydrogen) atoms. The molecule has 0 radical (unpaired) electrons. The zero-order chi connectivity index (χ0) is 18.1. The number of benzene rings is 2. The molecule has 0 aromatic heterocycles. The van der Waals surface area contributed by atoms with Crippen LogP contribution in [0.2, 0.25) is 0 Å². The summed E-state index contributed by atoms with van der Waals surface area (Å²) in [4.78, 5) is 14.2. The summed E-state index contributed by atoms with van der Waals surface area (Å²) >= 11 is 0. The lowest BCUT2D eigenvalue weighted by atomic mass is 10.0. The lowest BCUT2D eigenvalue weighted by molar-refractivity contribution is -0.118. The molecule has 0 amide bonds. The van der Waals surface area contributed by atoms with Crippen LogP contribution in [0.1, 0.15) is 37.4 Å². The van der Waals surface area contributed by atoms with Gasteiger partial charge in [0.15, 0.2) is 0 Å². The highest BCUT2D eigenvalue weighted by Gasteiger charge is 2.23. The van der Waals surface area contributed by atoms with E-state index in [4.69, 9.17) is 0 Å². The zero-order valence-electron chi connectivity index (χ0n) is 15.1. The SMILES string of the molecule is C=CCN(C(/C=C/c1ccccc1)CC(C)=O)[C@H](C)c1ccccc1. The van der Waals surface area contributed by atoms with Crippen molar-refractivity contribution >= 4 is 11.9 Å². The summed E-state index contributed by atoms with van der Waals surface area (Å²) in [6.07, 6.45) is 6.64. The van der Waals surface area contributed by atoms with Crippen LogP contribution in [-0.2, 0) is 4.79 Å². The van der Waals surface area contributed by atoms with Crippen molar-refractivity contribution < 1.29 is 4.79 Å². The van der Waals surface area contributed by atoms with Gasteiger partial charge in [-0.3, -0.25) is 9.69 Å². The van der Waals surface area contributed by atoms with Crippen molar-refractivity contribution in [2.24, 2.45) is 0 Å². The van der Waals surface area contributed by atoms with E-state index in [-0.39, 0.29) is 17.9 Å². The average Bonchev–Trinajstić information content (AvgIpc) is 2.64. The first-order valence-corrected chi connectivity index (χ1v) is 8.76. The average molecular weight is 333 g/mol. The van der Waals surface area contributed by atoms with Crippen molar-refractivity contribution in [3.05, 3.63) is 90.5 Å². The number of hydrogen-bond donors (Lipinski definition) is 0. The van der Waals surface area contributed by atoms with Crippen LogP contribution in [0, 0.1) is 0 Å². The van der Waals surface area contributed by atoms with E-state index in [0.29, 0.717) is 6.42 Å². The van der Waals surface area contributed by atoms with Gasteiger partial charge in [0.25, 0.3) is 0 Å². The van der Waals surface area contributed by atoms with Gasteiger partial charge < -0.3 is 0 Å². The Hall–Kier alpha value is -2.45. The fraction of sp³-hybridized carbons (Fsp3) is 0.261. The highest BCUT2D eigenvalue weighted by molar-refractivity contribution is 5.76. The molecule has 2 aromatic rings. The summed E-state index contributed by atoms with van der Waals surface area (Å²) in [7, 11) is 0. The summed E-state index contributed by atoms with van der Waals surface area (Å²) < 4.78 is 0. The minimum atomic E-state index is 0.0333. The van der Waals surface area contributed by atoms with Gasteiger partial charge in [-0.25, -0.2) is 0 Å². The number of hydrogen-bond acceptors (Lipinski definition) is 2. The van der Waals surface area contributed by atoms with Crippen LogP contribution in [0.15, 0.2) is 79.4 Å². The minimum absolute atomic E-state index is 0.0333. The second-order valence-corrected chi connectivity index (χ2v) is 6.32. The number of nitrogens with zero attached hydrogens (tertiary/aromatic N) is 1. The molecule has 2 aromatic carbocycles. The molecule has 0 aliphatic heterocycles. The molecule has 0 saturated heterocycles. The molecule has 0 heterocycles. The van der Waals surface area contributed by atoms with E-state index in [9.17, 15) is 4.79 Å². The molecule has 2 nitrogen and oxygen atoms in total. The Balaban J connectivity index is 2.28. The third-order valence-electron chi connectivity index (χ3n) is 4.35. The Morgan fingerprint density at radius 3 is 2.24 bits per heavy atom. The summed E-state index contributed by atoms with van der Waals surface area (Å²) in [6.45, 7) is 8.47. The largest absolute Gasteiger partial charge is 0.300 e. The molecule has 130 valence electrons. The van der Waals surface area contributed by atoms with Gasteiger partial charge in [0.2, 0.25) is 0 Å². The Labute approximate surface area is 151 Å². The van der Waals surface area contributed by atoms with Crippen molar-refractivity contribution in [2.45, 2.75) is 32.4 Å². The first-order chi connectivity index (χ1) is 12.1. The van der Waals surface area contributed by atoms with Gasteiger partial charge in [0, 0.05) is 25.0 Å². The van der Waals surface area contributed by atoms with Crippen LogP contribution in [0.25, 0.3) is 6.08 Å². The Bertz CT molecular complexity index is 691. The number of Topliss-reactive ketones (excluding diaryl/α,β-unsaturated/α-hetero) is 1. The standard InChI is InChI=1S/C23H27NO/c1-4-17-24(20(3)22-13-9-6-10-14-22)23(18-19(2)25)16-15-21-11-7-5-8-12-21/h4-16,20,23H,1,17-18H2,2-3H3/b16-15+/t20-,23?/m1/s1. The van der Waals surface area contributed by atoms with Crippen LogP contribution < -0.4 is 0 Å². The molecule has 0 aliphatic carbocycles. The second-order valence-electron chi connectivity index (χ2n) is 6.32. The number of carbonyl (C=O) groups is 1. The van der Waals surface area contributed by atoms with E-state index in [1.54, 1.807) is 6.92 Å². The summed E-state index contributed by atoms with van der Waals surface area (Å²) in [5.74, 6) is 0.192. The van der Waals surface area contributed by atoms with Crippen molar-refractivity contribution in [1.29, 1.82) is 0 Å². The minimum Gasteiger partial charge on any atom is -0.300 e. The fourth-order valence-electron chi connectivity index (χ4n) is 3.03. The molecule has 0 spiro atoms. The van der Waals surface area contributed by atoms with Gasteiger partial charge >= 0.3 is 0 Å². The smallest absolute Gasteiger partial charge is 0.131 e. The van der Waals surface area contributed by atoms with Crippen LogP contribution >= 0.6 is 0 Å². The molecule has 0 N–H and O–H groups in total. The summed E-state index contributed by atoms with van der Waals surface area (Å²) in [5.41, 5.74) is 2.38. The third-order valence-corrected chi connectivity index (χ3v) is 4.35. The Morgan fingerprint density at radius 2 is 1.68 bits per heavy atom. The van der Waals surface area contributed by atoms with Crippen LogP contribution in [0.5, 0.6) is 0 Å². The predicted octanol–water partition coefficient (Wildman–Crippen LogP) is 5.30. The highest BCUT2D eigenvalue weighted by atomic mass is 16.1. The second kappa shape index (κ2) is 9.75. The fourth-order valence-corrected chi connectivity index (χ4v) is 3.03. The third kappa shape index (κ3) is 5.84. The topological polar surface area (TPSA) is 20.3 Å². The quantitative estimate of drug-likeness (QED) is 0.581. The normalized spacial score (nSPS) is 13.7. The maximum atomic E-state index is 11.8. The van der Waals surface area contributed by atoms with Gasteiger partial charge in [-0.15, -0.1) is 6.58 Å². The molecule has 2 atom stereocenters. The van der Waals surface area contributed by atoms with Crippen molar-refractivity contribution in [2.75, 3.05) is 6.54 Å². The van der Waals surface area contributed by atoms with Crippen molar-refractivity contribution in [3.8, 4) is 0 Å². The van der Waals surface area contributed by atoms with Gasteiger partial charge in [-0.05, 0) is 25.0 Å². The molecule has 1 unspecified atom stereocenters. The zero-order valence-corrected chi connectivity index (χ0v) is 15.1. The van der Waals surface area contributed by atoms with E-state index >= 15 is 0 Å². The molecular formula is C23H27NO. The highest BCUT2D eigenvalue weighted by Crippen LogP contribution is 2.25. The van der Waals surface area contributed by atoms with E-state index in [2.05, 4.69) is 67.0 Å². The van der Waals surface area contributed by atoms with E-state index in [1.807, 2.05) is 30.3 Å². The molecule has 0 aliphatic rings. The first-order valence-electron chi connectivity index (χ1n) is 8.76. The molecule has 0 fully saturated rings. The van der Waals surface area contributed by atoms with E-state index in [0.717, 1.165) is 12.1 Å². The monoisotopic (exact) mass is 333 g/mol. The summed E-state index contributed by atoms with van der Waals surface area (Å²) in [6, 6.07) is 20.8. The predicted molar refractivity (Wildman–Crippen MR) is 106 cm³/mol. The van der Waals surface area contributed by atoms with Gasteiger partial charge in [0.1, 0.15) is 5.78 Å². The first kappa shape index (κ1) is 18.9. The van der Waals surface area contributed by atoms with E-state index < -0.39 is 0 Å². The maximum Gasteiger partial charge on any atom is 0.131 e. The number of rotatable bonds is 9. The van der Waals surface area contributed by atoms with Gasteiger partial charge in [0.05, 0.1) is 0 Å². The number of ketones is 1. The number of carbonyl (C=O) groups excluding carboxylic acids is 1. The van der Waals surface area contributed by atoms with Crippen LogP contribution in [0.4, 0.5) is 0 Å². The molecular weight excluding hydrogens is 306 g/mol. The van der Waals surface area contributed by atoms with Crippen molar-refractivity contribution in [3.63, 3.8) is 0 Å². The van der Waals surface area contributed by atoms with Crippen LogP contribution in [0.3, 0.4) is 0 Å².